The van der Waals surface area contributed by atoms with E-state index in [1.165, 1.54) is 11.8 Å². The first-order chi connectivity index (χ1) is 22.5. The number of hydrogen-bond acceptors (Lipinski definition) is 10. The number of fused-ring (bicyclic) bond motifs is 1. The molecule has 1 aliphatic rings. The molecule has 0 radical (unpaired) electrons. The Morgan fingerprint density at radius 2 is 1.91 bits per heavy atom. The Morgan fingerprint density at radius 1 is 1.17 bits per heavy atom. The Morgan fingerprint density at radius 3 is 2.62 bits per heavy atom. The van der Waals surface area contributed by atoms with Gasteiger partial charge in [0, 0.05) is 31.7 Å². The van der Waals surface area contributed by atoms with Gasteiger partial charge in [0.1, 0.15) is 22.5 Å². The second-order valence-electron chi connectivity index (χ2n) is 12.0. The number of rotatable bonds is 10. The summed E-state index contributed by atoms with van der Waals surface area (Å²) in [6.07, 6.45) is 6.76. The van der Waals surface area contributed by atoms with Crippen molar-refractivity contribution < 1.29 is 13.7 Å². The highest BCUT2D eigenvalue weighted by Gasteiger charge is 2.40. The average Bonchev–Trinajstić information content (AvgIpc) is 3.22. The second-order valence-corrected chi connectivity index (χ2v) is 14.2. The number of aromatic nitrogens is 3. The highest BCUT2D eigenvalue weighted by Crippen LogP contribution is 2.46. The van der Waals surface area contributed by atoms with Gasteiger partial charge in [-0.3, -0.25) is 4.79 Å². The van der Waals surface area contributed by atoms with Crippen molar-refractivity contribution >= 4 is 45.7 Å². The van der Waals surface area contributed by atoms with Crippen molar-refractivity contribution in [3.8, 4) is 5.88 Å². The van der Waals surface area contributed by atoms with Crippen molar-refractivity contribution in [1.82, 2.24) is 19.3 Å². The van der Waals surface area contributed by atoms with Gasteiger partial charge in [0.25, 0.3) is 0 Å². The largest absolute Gasteiger partial charge is 0.475 e. The van der Waals surface area contributed by atoms with Gasteiger partial charge in [-0.1, -0.05) is 49.9 Å². The van der Waals surface area contributed by atoms with E-state index >= 15 is 0 Å². The first-order valence-corrected chi connectivity index (χ1v) is 17.7. The Balaban J connectivity index is 1.57. The molecule has 1 unspecified atom stereocenters. The highest BCUT2D eigenvalue weighted by atomic mass is 32.2. The zero-order valence-electron chi connectivity index (χ0n) is 27.6. The zero-order chi connectivity index (χ0) is 33.9. The number of carbonyl (C=O) groups excluding carboxylic acids is 1. The van der Waals surface area contributed by atoms with E-state index in [0.717, 1.165) is 33.5 Å². The third-order valence-electron chi connectivity index (χ3n) is 8.66. The molecule has 0 aliphatic carbocycles. The van der Waals surface area contributed by atoms with Crippen LogP contribution in [0.25, 0.3) is 0 Å². The van der Waals surface area contributed by atoms with Crippen LogP contribution >= 0.6 is 11.8 Å². The zero-order valence-corrected chi connectivity index (χ0v) is 29.2. The molecule has 0 fully saturated rings. The van der Waals surface area contributed by atoms with Crippen molar-refractivity contribution in [3.63, 3.8) is 0 Å². The number of hydrazine groups is 1. The molecule has 5 rings (SSSR count). The number of ether oxygens (including phenoxy) is 1. The quantitative estimate of drug-likeness (QED) is 0.0672. The van der Waals surface area contributed by atoms with E-state index in [-0.39, 0.29) is 5.91 Å². The van der Waals surface area contributed by atoms with Gasteiger partial charge in [-0.25, -0.2) is 29.3 Å². The number of aryl methyl sites for hydroxylation is 1. The minimum Gasteiger partial charge on any atom is -0.475 e. The molecule has 0 bridgehead atoms. The van der Waals surface area contributed by atoms with Crippen LogP contribution in [0.1, 0.15) is 54.5 Å². The summed E-state index contributed by atoms with van der Waals surface area (Å²) in [6, 6.07) is 13.7. The predicted octanol–water partition coefficient (Wildman–Crippen LogP) is 5.21. The lowest BCUT2D eigenvalue weighted by molar-refractivity contribution is -0.124. The van der Waals surface area contributed by atoms with Gasteiger partial charge >= 0.3 is 0 Å². The number of hydrogen-bond donors (Lipinski definition) is 3. The summed E-state index contributed by atoms with van der Waals surface area (Å²) in [4.78, 5) is 27.6. The number of benzene rings is 2. The van der Waals surface area contributed by atoms with Crippen molar-refractivity contribution in [3.05, 3.63) is 88.9 Å². The number of anilines is 3. The predicted molar refractivity (Wildman–Crippen MR) is 189 cm³/mol. The van der Waals surface area contributed by atoms with E-state index in [1.807, 2.05) is 57.3 Å². The summed E-state index contributed by atoms with van der Waals surface area (Å²) in [7, 11) is -1.46. The highest BCUT2D eigenvalue weighted by molar-refractivity contribution is 7.98. The van der Waals surface area contributed by atoms with Crippen LogP contribution in [0, 0.1) is 19.3 Å². The molecule has 1 aliphatic heterocycles. The Labute approximate surface area is 283 Å². The van der Waals surface area contributed by atoms with Crippen molar-refractivity contribution in [1.29, 1.82) is 0 Å². The smallest absolute Gasteiger partial charge is 0.231 e. The van der Waals surface area contributed by atoms with Crippen LogP contribution in [0.2, 0.25) is 0 Å². The van der Waals surface area contributed by atoms with E-state index in [4.69, 9.17) is 16.3 Å². The van der Waals surface area contributed by atoms with Crippen LogP contribution in [0.15, 0.2) is 71.1 Å². The number of thioether (sulfide) groups is 1. The fourth-order valence-corrected chi connectivity index (χ4v) is 7.36. The fourth-order valence-electron chi connectivity index (χ4n) is 5.81. The molecule has 47 heavy (non-hydrogen) atoms. The molecule has 0 spiro atoms. The third-order valence-corrected chi connectivity index (χ3v) is 10.7. The van der Waals surface area contributed by atoms with Gasteiger partial charge in [-0.15, -0.1) is 0 Å². The van der Waals surface area contributed by atoms with E-state index in [0.29, 0.717) is 53.5 Å². The Kier molecular flexibility index (Phi) is 10.5. The SMILES string of the molecule is CCN(N)c1ccc([C@H](c2ccc(C)c(CN3CCOc4ncccc4S3=O)c2)C(C)(C)C(=O)Nc2cnc(SC)nc2)c(C)c1N. The van der Waals surface area contributed by atoms with Crippen LogP contribution in [0.5, 0.6) is 5.88 Å². The second kappa shape index (κ2) is 14.4. The van der Waals surface area contributed by atoms with Crippen LogP contribution in [-0.4, -0.2) is 55.3 Å². The molecule has 13 heteroatoms. The molecule has 248 valence electrons. The maximum Gasteiger partial charge on any atom is 0.231 e. The van der Waals surface area contributed by atoms with E-state index in [1.54, 1.807) is 35.7 Å². The number of carbonyl (C=O) groups is 1. The summed E-state index contributed by atoms with van der Waals surface area (Å²) in [5.74, 6) is 6.04. The van der Waals surface area contributed by atoms with Crippen molar-refractivity contribution in [2.45, 2.75) is 57.1 Å². The molecule has 0 saturated carbocycles. The summed E-state index contributed by atoms with van der Waals surface area (Å²) < 4.78 is 21.4. The summed E-state index contributed by atoms with van der Waals surface area (Å²) in [6.45, 7) is 11.7. The molecule has 4 aromatic rings. The van der Waals surface area contributed by atoms with Gasteiger partial charge in [0.15, 0.2) is 5.16 Å². The molecule has 0 saturated heterocycles. The topological polar surface area (TPSA) is 153 Å². The summed E-state index contributed by atoms with van der Waals surface area (Å²) in [5, 5.41) is 5.27. The summed E-state index contributed by atoms with van der Waals surface area (Å²) in [5.41, 5.74) is 12.2. The number of amides is 1. The van der Waals surface area contributed by atoms with Crippen molar-refractivity contribution in [2.24, 2.45) is 11.3 Å². The molecule has 2 atom stereocenters. The Hall–Kier alpha value is -4.04. The monoisotopic (exact) mass is 674 g/mol. The lowest BCUT2D eigenvalue weighted by atomic mass is 9.69. The standard InChI is InChI=1S/C34H42N8O3S2/c1-7-42(36)27-13-12-26(22(3)30(27)35)29(34(4,5)32(43)40-25-18-38-33(46-6)39-19-25)23-11-10-21(2)24(17-23)20-41-15-16-45-31-28(47(41)44)9-8-14-37-31/h8-14,17-19,29H,7,15-16,20,35-36H2,1-6H3,(H,40,43)/t29-,47?/m0/s1. The van der Waals surface area contributed by atoms with E-state index in [9.17, 15) is 9.00 Å². The first-order valence-electron chi connectivity index (χ1n) is 15.4. The van der Waals surface area contributed by atoms with Gasteiger partial charge in [-0.2, -0.15) is 0 Å². The molecule has 5 N–H and O–H groups in total. The number of nitrogens with zero attached hydrogens (tertiary/aromatic N) is 5. The first kappa shape index (κ1) is 34.3. The molecular weight excluding hydrogens is 633 g/mol. The van der Waals surface area contributed by atoms with Crippen molar-refractivity contribution in [2.75, 3.05) is 42.0 Å². The van der Waals surface area contributed by atoms with Gasteiger partial charge in [0.2, 0.25) is 11.8 Å². The molecule has 11 nitrogen and oxygen atoms in total. The average molecular weight is 675 g/mol. The molecule has 3 heterocycles. The van der Waals surface area contributed by atoms with Gasteiger partial charge in [-0.05, 0) is 73.0 Å². The van der Waals surface area contributed by atoms with E-state index in [2.05, 4.69) is 38.5 Å². The molecule has 2 aromatic heterocycles. The van der Waals surface area contributed by atoms with Gasteiger partial charge in [0.05, 0.1) is 34.9 Å². The van der Waals surface area contributed by atoms with E-state index < -0.39 is 22.3 Å². The minimum absolute atomic E-state index is 0.198. The van der Waals surface area contributed by atoms with Crippen LogP contribution in [0.3, 0.4) is 0 Å². The number of nitrogens with two attached hydrogens (primary N) is 2. The third kappa shape index (κ3) is 7.13. The number of pyridine rings is 1. The molecule has 1 amide bonds. The number of nitrogens with one attached hydrogen (secondary N) is 1. The molecule has 2 aromatic carbocycles. The number of nitrogen functional groups attached to an aromatic ring is 1. The Bertz CT molecular complexity index is 1780. The normalized spacial score (nSPS) is 15.7. The van der Waals surface area contributed by atoms with Gasteiger partial charge < -0.3 is 20.8 Å². The fraction of sp³-hybridized carbons (Fsp3) is 0.353. The molecular formula is C34H42N8O3S2. The van der Waals surface area contributed by atoms with Crippen LogP contribution in [0.4, 0.5) is 17.1 Å². The minimum atomic E-state index is -1.46. The summed E-state index contributed by atoms with van der Waals surface area (Å²) >= 11 is 1.43. The lowest BCUT2D eigenvalue weighted by Crippen LogP contribution is -2.38. The lowest BCUT2D eigenvalue weighted by Gasteiger charge is -2.36. The maximum atomic E-state index is 14.2. The van der Waals surface area contributed by atoms with Crippen LogP contribution < -0.4 is 26.6 Å². The maximum absolute atomic E-state index is 14.2. The van der Waals surface area contributed by atoms with Crippen LogP contribution in [-0.2, 0) is 22.3 Å².